The molecule has 0 spiro atoms. The minimum atomic E-state index is -0.850. The van der Waals surface area contributed by atoms with E-state index in [2.05, 4.69) is 20.8 Å². The molecule has 1 heterocycles. The Morgan fingerprint density at radius 3 is 2.44 bits per heavy atom. The van der Waals surface area contributed by atoms with E-state index in [1.165, 1.54) is 0 Å². The molecule has 3 aromatic rings. The van der Waals surface area contributed by atoms with Gasteiger partial charge in [-0.25, -0.2) is 0 Å². The topological polar surface area (TPSA) is 104 Å². The fourth-order valence-corrected chi connectivity index (χ4v) is 4.10. The van der Waals surface area contributed by atoms with Gasteiger partial charge >= 0.3 is 5.97 Å². The van der Waals surface area contributed by atoms with Gasteiger partial charge < -0.3 is 15.7 Å². The Morgan fingerprint density at radius 1 is 0.969 bits per heavy atom. The standard InChI is InChI=1S/C24H23ClN4O3/c25-17-4-3-5-18(14-17)26-22-13-12-20(28-29-22)15-8-10-16(11-9-15)23(30)27-21-7-2-1-6-19(21)24(31)32/h3-5,8-14,19,21H,1-2,6-7H2,(H,26,29)(H,27,30)(H,31,32). The molecule has 2 atom stereocenters. The molecule has 32 heavy (non-hydrogen) atoms. The first-order valence-corrected chi connectivity index (χ1v) is 10.9. The van der Waals surface area contributed by atoms with Crippen molar-refractivity contribution in [2.45, 2.75) is 31.7 Å². The number of carbonyl (C=O) groups is 2. The highest BCUT2D eigenvalue weighted by Crippen LogP contribution is 2.25. The molecule has 2 unspecified atom stereocenters. The lowest BCUT2D eigenvalue weighted by Gasteiger charge is -2.29. The Kier molecular flexibility index (Phi) is 6.66. The number of carboxylic acid groups (broad SMARTS) is 1. The Morgan fingerprint density at radius 2 is 1.75 bits per heavy atom. The molecular formula is C24H23ClN4O3. The Balaban J connectivity index is 1.40. The predicted octanol–water partition coefficient (Wildman–Crippen LogP) is 4.91. The molecule has 1 aliphatic carbocycles. The van der Waals surface area contributed by atoms with Crippen LogP contribution in [0, 0.1) is 5.92 Å². The molecule has 3 N–H and O–H groups in total. The number of carboxylic acids is 1. The summed E-state index contributed by atoms with van der Waals surface area (Å²) in [7, 11) is 0. The van der Waals surface area contributed by atoms with Crippen LogP contribution in [-0.4, -0.2) is 33.2 Å². The average Bonchev–Trinajstić information content (AvgIpc) is 2.80. The molecule has 0 aliphatic heterocycles. The molecule has 1 amide bonds. The zero-order valence-electron chi connectivity index (χ0n) is 17.3. The van der Waals surface area contributed by atoms with Crippen LogP contribution in [0.5, 0.6) is 0 Å². The second kappa shape index (κ2) is 9.78. The molecule has 1 fully saturated rings. The quantitative estimate of drug-likeness (QED) is 0.492. The van der Waals surface area contributed by atoms with Gasteiger partial charge in [-0.3, -0.25) is 9.59 Å². The molecule has 4 rings (SSSR count). The van der Waals surface area contributed by atoms with Crippen LogP contribution < -0.4 is 10.6 Å². The van der Waals surface area contributed by atoms with Crippen LogP contribution in [0.25, 0.3) is 11.3 Å². The Labute approximate surface area is 190 Å². The van der Waals surface area contributed by atoms with E-state index in [0.29, 0.717) is 34.9 Å². The summed E-state index contributed by atoms with van der Waals surface area (Å²) >= 11 is 6.00. The number of nitrogens with one attached hydrogen (secondary N) is 2. The number of hydrogen-bond acceptors (Lipinski definition) is 5. The van der Waals surface area contributed by atoms with Crippen LogP contribution in [0.4, 0.5) is 11.5 Å². The average molecular weight is 451 g/mol. The molecule has 0 radical (unpaired) electrons. The number of rotatable bonds is 6. The molecule has 0 bridgehead atoms. The lowest BCUT2D eigenvalue weighted by atomic mass is 9.84. The number of aromatic nitrogens is 2. The number of hydrogen-bond donors (Lipinski definition) is 3. The largest absolute Gasteiger partial charge is 0.481 e. The van der Waals surface area contributed by atoms with E-state index in [9.17, 15) is 14.7 Å². The summed E-state index contributed by atoms with van der Waals surface area (Å²) < 4.78 is 0. The number of aliphatic carboxylic acids is 1. The maximum atomic E-state index is 12.6. The molecule has 8 heteroatoms. The second-order valence-electron chi connectivity index (χ2n) is 7.83. The van der Waals surface area contributed by atoms with Crippen LogP contribution in [0.2, 0.25) is 5.02 Å². The van der Waals surface area contributed by atoms with Crippen LogP contribution in [0.3, 0.4) is 0 Å². The summed E-state index contributed by atoms with van der Waals surface area (Å²) in [5.74, 6) is -1.05. The van der Waals surface area contributed by atoms with E-state index in [-0.39, 0.29) is 11.9 Å². The number of benzene rings is 2. The Hall–Kier alpha value is -3.45. The zero-order valence-corrected chi connectivity index (χ0v) is 18.0. The predicted molar refractivity (Wildman–Crippen MR) is 123 cm³/mol. The van der Waals surface area contributed by atoms with Crippen molar-refractivity contribution in [3.05, 3.63) is 71.2 Å². The van der Waals surface area contributed by atoms with Crippen LogP contribution >= 0.6 is 11.6 Å². The highest BCUT2D eigenvalue weighted by Gasteiger charge is 2.31. The van der Waals surface area contributed by atoms with Gasteiger partial charge in [-0.15, -0.1) is 10.2 Å². The lowest BCUT2D eigenvalue weighted by molar-refractivity contribution is -0.143. The number of anilines is 2. The molecule has 1 aliphatic rings. The second-order valence-corrected chi connectivity index (χ2v) is 8.26. The lowest BCUT2D eigenvalue weighted by Crippen LogP contribution is -2.45. The van der Waals surface area contributed by atoms with Crippen molar-refractivity contribution >= 4 is 35.0 Å². The van der Waals surface area contributed by atoms with Crippen molar-refractivity contribution in [2.24, 2.45) is 5.92 Å². The van der Waals surface area contributed by atoms with Gasteiger partial charge in [0.2, 0.25) is 0 Å². The molecule has 164 valence electrons. The first-order valence-electron chi connectivity index (χ1n) is 10.5. The van der Waals surface area contributed by atoms with E-state index in [0.717, 1.165) is 24.1 Å². The third-order valence-electron chi connectivity index (χ3n) is 5.60. The van der Waals surface area contributed by atoms with Gasteiger partial charge in [0, 0.05) is 27.9 Å². The fourth-order valence-electron chi connectivity index (χ4n) is 3.91. The van der Waals surface area contributed by atoms with Crippen LogP contribution in [-0.2, 0) is 4.79 Å². The van der Waals surface area contributed by atoms with Gasteiger partial charge in [-0.05, 0) is 55.3 Å². The molecule has 1 aromatic heterocycles. The summed E-state index contributed by atoms with van der Waals surface area (Å²) in [6.07, 6.45) is 3.09. The normalized spacial score (nSPS) is 18.0. The van der Waals surface area contributed by atoms with Gasteiger partial charge in [0.25, 0.3) is 5.91 Å². The molecular weight excluding hydrogens is 428 g/mol. The third kappa shape index (κ3) is 5.23. The van der Waals surface area contributed by atoms with E-state index in [4.69, 9.17) is 11.6 Å². The maximum absolute atomic E-state index is 12.6. The number of amides is 1. The summed E-state index contributed by atoms with van der Waals surface area (Å²) in [5, 5.41) is 24.5. The number of halogens is 1. The minimum absolute atomic E-state index is 0.262. The summed E-state index contributed by atoms with van der Waals surface area (Å²) in [4.78, 5) is 24.1. The van der Waals surface area contributed by atoms with Crippen molar-refractivity contribution in [3.63, 3.8) is 0 Å². The zero-order chi connectivity index (χ0) is 22.5. The summed E-state index contributed by atoms with van der Waals surface area (Å²) in [6, 6.07) is 17.7. The number of nitrogens with zero attached hydrogens (tertiary/aromatic N) is 2. The third-order valence-corrected chi connectivity index (χ3v) is 5.84. The van der Waals surface area contributed by atoms with Crippen molar-refractivity contribution in [2.75, 3.05) is 5.32 Å². The van der Waals surface area contributed by atoms with Crippen LogP contribution in [0.1, 0.15) is 36.0 Å². The van der Waals surface area contributed by atoms with Gasteiger partial charge in [0.1, 0.15) is 0 Å². The van der Waals surface area contributed by atoms with Crippen molar-refractivity contribution in [1.82, 2.24) is 15.5 Å². The highest BCUT2D eigenvalue weighted by atomic mass is 35.5. The minimum Gasteiger partial charge on any atom is -0.481 e. The van der Waals surface area contributed by atoms with E-state index < -0.39 is 11.9 Å². The van der Waals surface area contributed by atoms with E-state index in [1.54, 1.807) is 36.4 Å². The maximum Gasteiger partial charge on any atom is 0.308 e. The Bertz CT molecular complexity index is 1100. The van der Waals surface area contributed by atoms with Crippen molar-refractivity contribution in [1.29, 1.82) is 0 Å². The van der Waals surface area contributed by atoms with Gasteiger partial charge in [-0.1, -0.05) is 42.6 Å². The summed E-state index contributed by atoms with van der Waals surface area (Å²) in [6.45, 7) is 0. The fraction of sp³-hybridized carbons (Fsp3) is 0.250. The van der Waals surface area contributed by atoms with Gasteiger partial charge in [0.05, 0.1) is 11.6 Å². The van der Waals surface area contributed by atoms with E-state index in [1.807, 2.05) is 24.3 Å². The van der Waals surface area contributed by atoms with Gasteiger partial charge in [0.15, 0.2) is 5.82 Å². The van der Waals surface area contributed by atoms with Gasteiger partial charge in [-0.2, -0.15) is 0 Å². The molecule has 0 saturated heterocycles. The van der Waals surface area contributed by atoms with Crippen molar-refractivity contribution < 1.29 is 14.7 Å². The van der Waals surface area contributed by atoms with E-state index >= 15 is 0 Å². The molecule has 2 aromatic carbocycles. The van der Waals surface area contributed by atoms with Crippen molar-refractivity contribution in [3.8, 4) is 11.3 Å². The SMILES string of the molecule is O=C(NC1CCCCC1C(=O)O)c1ccc(-c2ccc(Nc3cccc(Cl)c3)nn2)cc1. The summed E-state index contributed by atoms with van der Waals surface area (Å²) in [5.41, 5.74) is 2.80. The first kappa shape index (κ1) is 21.8. The molecule has 1 saturated carbocycles. The molecule has 7 nitrogen and oxygen atoms in total. The van der Waals surface area contributed by atoms with Crippen LogP contribution in [0.15, 0.2) is 60.7 Å². The highest BCUT2D eigenvalue weighted by molar-refractivity contribution is 6.30. The smallest absolute Gasteiger partial charge is 0.308 e. The number of carbonyl (C=O) groups excluding carboxylic acids is 1. The monoisotopic (exact) mass is 450 g/mol. The first-order chi connectivity index (χ1) is 15.5.